The van der Waals surface area contributed by atoms with Crippen LogP contribution in [-0.4, -0.2) is 25.9 Å². The van der Waals surface area contributed by atoms with Crippen LogP contribution in [0.25, 0.3) is 22.9 Å². The first-order valence-corrected chi connectivity index (χ1v) is 9.27. The normalized spacial score (nSPS) is 11.5. The van der Waals surface area contributed by atoms with Gasteiger partial charge in [0, 0.05) is 18.2 Å². The van der Waals surface area contributed by atoms with Gasteiger partial charge in [-0.1, -0.05) is 0 Å². The lowest BCUT2D eigenvalue weighted by molar-refractivity contribution is -0.137. The molecular formula is C21H16F3N5O3. The van der Waals surface area contributed by atoms with E-state index in [-0.39, 0.29) is 24.1 Å². The lowest BCUT2D eigenvalue weighted by Crippen LogP contribution is -2.10. The van der Waals surface area contributed by atoms with Crippen LogP contribution in [0.4, 0.5) is 13.2 Å². The van der Waals surface area contributed by atoms with Gasteiger partial charge in [-0.2, -0.15) is 18.3 Å². The summed E-state index contributed by atoms with van der Waals surface area (Å²) in [5.74, 6) is 0.148. The molecule has 4 rings (SSSR count). The third kappa shape index (κ3) is 4.31. The third-order valence-corrected chi connectivity index (χ3v) is 4.69. The molecule has 0 bridgehead atoms. The van der Waals surface area contributed by atoms with Crippen LogP contribution in [0.2, 0.25) is 0 Å². The molecular weight excluding hydrogens is 427 g/mol. The number of hydrogen-bond donors (Lipinski definition) is 1. The zero-order valence-corrected chi connectivity index (χ0v) is 16.6. The van der Waals surface area contributed by atoms with E-state index >= 15 is 0 Å². The maximum atomic E-state index is 12.7. The van der Waals surface area contributed by atoms with E-state index in [2.05, 4.69) is 15.3 Å². The van der Waals surface area contributed by atoms with Gasteiger partial charge in [-0.05, 0) is 48.5 Å². The summed E-state index contributed by atoms with van der Waals surface area (Å²) in [6.07, 6.45) is -2.89. The minimum absolute atomic E-state index is 0.0161. The van der Waals surface area contributed by atoms with E-state index in [4.69, 9.17) is 14.9 Å². The summed E-state index contributed by atoms with van der Waals surface area (Å²) >= 11 is 0. The van der Waals surface area contributed by atoms with Crippen LogP contribution in [0.3, 0.4) is 0 Å². The van der Waals surface area contributed by atoms with Crippen molar-refractivity contribution in [3.8, 4) is 28.7 Å². The lowest BCUT2D eigenvalue weighted by atomic mass is 10.1. The van der Waals surface area contributed by atoms with Gasteiger partial charge in [0.1, 0.15) is 12.4 Å². The zero-order valence-electron chi connectivity index (χ0n) is 16.6. The Morgan fingerprint density at radius 2 is 1.72 bits per heavy atom. The van der Waals surface area contributed by atoms with Crippen molar-refractivity contribution in [2.24, 2.45) is 12.8 Å². The first-order valence-electron chi connectivity index (χ1n) is 9.27. The number of aryl methyl sites for hydroxylation is 1. The maximum Gasteiger partial charge on any atom is 0.416 e. The molecule has 0 radical (unpaired) electrons. The molecule has 0 saturated heterocycles. The Bertz CT molecular complexity index is 1250. The largest absolute Gasteiger partial charge is 0.487 e. The number of nitrogens with two attached hydrogens (primary N) is 1. The van der Waals surface area contributed by atoms with E-state index in [1.807, 2.05) is 0 Å². The number of amides is 1. The van der Waals surface area contributed by atoms with Crippen molar-refractivity contribution >= 4 is 5.91 Å². The summed E-state index contributed by atoms with van der Waals surface area (Å²) in [7, 11) is 1.69. The van der Waals surface area contributed by atoms with Crippen LogP contribution >= 0.6 is 0 Å². The smallest absolute Gasteiger partial charge is 0.416 e. The topological polar surface area (TPSA) is 109 Å². The van der Waals surface area contributed by atoms with Gasteiger partial charge >= 0.3 is 6.18 Å². The van der Waals surface area contributed by atoms with Gasteiger partial charge < -0.3 is 14.9 Å². The maximum absolute atomic E-state index is 12.7. The van der Waals surface area contributed by atoms with E-state index in [1.54, 1.807) is 36.0 Å². The molecule has 0 aliphatic rings. The number of ether oxygens (including phenoxy) is 1. The lowest BCUT2D eigenvalue weighted by Gasteiger charge is -2.10. The van der Waals surface area contributed by atoms with Gasteiger partial charge in [-0.25, -0.2) is 0 Å². The van der Waals surface area contributed by atoms with Crippen LogP contribution in [-0.2, 0) is 19.8 Å². The van der Waals surface area contributed by atoms with Gasteiger partial charge in [0.05, 0.1) is 23.0 Å². The van der Waals surface area contributed by atoms with E-state index < -0.39 is 17.6 Å². The number of primary amides is 1. The number of alkyl halides is 3. The number of carbonyl (C=O) groups excluding carboxylic acids is 1. The second-order valence-electron chi connectivity index (χ2n) is 6.79. The van der Waals surface area contributed by atoms with E-state index in [9.17, 15) is 18.0 Å². The Kier molecular flexibility index (Phi) is 5.39. The Morgan fingerprint density at radius 3 is 2.34 bits per heavy atom. The molecule has 0 fully saturated rings. The highest BCUT2D eigenvalue weighted by atomic mass is 19.4. The van der Waals surface area contributed by atoms with Crippen LogP contribution in [0.15, 0.2) is 59.1 Å². The quantitative estimate of drug-likeness (QED) is 0.485. The highest BCUT2D eigenvalue weighted by Gasteiger charge is 2.30. The Morgan fingerprint density at radius 1 is 1.06 bits per heavy atom. The predicted molar refractivity (Wildman–Crippen MR) is 106 cm³/mol. The molecule has 0 aliphatic heterocycles. The standard InChI is InChI=1S/C21H16F3N5O3/c1-29-17(11-31-15-8-6-14(7-9-15)21(22,23)24)16(10-26-29)20-28-27-19(32-20)13-4-2-12(3-5-13)18(25)30/h2-10H,11H2,1H3,(H2,25,30). The van der Waals surface area contributed by atoms with Crippen LogP contribution in [0.5, 0.6) is 5.75 Å². The van der Waals surface area contributed by atoms with Crippen LogP contribution in [0, 0.1) is 0 Å². The molecule has 2 aromatic heterocycles. The van der Waals surface area contributed by atoms with Crippen molar-refractivity contribution in [1.29, 1.82) is 0 Å². The number of carbonyl (C=O) groups is 1. The molecule has 0 spiro atoms. The molecule has 2 aromatic carbocycles. The SMILES string of the molecule is Cn1ncc(-c2nnc(-c3ccc(C(N)=O)cc3)o2)c1COc1ccc(C(F)(F)F)cc1. The molecule has 8 nitrogen and oxygen atoms in total. The summed E-state index contributed by atoms with van der Waals surface area (Å²) in [6.45, 7) is 0.0161. The Hall–Kier alpha value is -4.15. The predicted octanol–water partition coefficient (Wildman–Crippen LogP) is 3.83. The number of aromatic nitrogens is 4. The second kappa shape index (κ2) is 8.17. The van der Waals surface area contributed by atoms with Crippen molar-refractivity contribution in [2.75, 3.05) is 0 Å². The van der Waals surface area contributed by atoms with Gasteiger partial charge in [0.15, 0.2) is 0 Å². The van der Waals surface area contributed by atoms with Gasteiger partial charge in [0.25, 0.3) is 5.89 Å². The summed E-state index contributed by atoms with van der Waals surface area (Å²) < 4.78 is 51.0. The summed E-state index contributed by atoms with van der Waals surface area (Å²) in [5.41, 5.74) is 6.54. The van der Waals surface area contributed by atoms with Crippen molar-refractivity contribution in [3.05, 3.63) is 71.5 Å². The molecule has 2 N–H and O–H groups in total. The van der Waals surface area contributed by atoms with E-state index in [0.717, 1.165) is 12.1 Å². The number of benzene rings is 2. The van der Waals surface area contributed by atoms with Crippen LogP contribution < -0.4 is 10.5 Å². The van der Waals surface area contributed by atoms with Crippen LogP contribution in [0.1, 0.15) is 21.6 Å². The molecule has 0 saturated carbocycles. The van der Waals surface area contributed by atoms with Crippen molar-refractivity contribution in [2.45, 2.75) is 12.8 Å². The third-order valence-electron chi connectivity index (χ3n) is 4.69. The molecule has 0 atom stereocenters. The first kappa shape index (κ1) is 21.1. The summed E-state index contributed by atoms with van der Waals surface area (Å²) in [5, 5.41) is 12.2. The second-order valence-corrected chi connectivity index (χ2v) is 6.79. The minimum Gasteiger partial charge on any atom is -0.487 e. The Labute approximate surface area is 179 Å². The van der Waals surface area contributed by atoms with E-state index in [1.165, 1.54) is 18.3 Å². The van der Waals surface area contributed by atoms with Crippen molar-refractivity contribution in [3.63, 3.8) is 0 Å². The van der Waals surface area contributed by atoms with E-state index in [0.29, 0.717) is 22.4 Å². The highest BCUT2D eigenvalue weighted by Crippen LogP contribution is 2.31. The fourth-order valence-electron chi connectivity index (χ4n) is 2.93. The molecule has 32 heavy (non-hydrogen) atoms. The Balaban J connectivity index is 1.52. The number of hydrogen-bond acceptors (Lipinski definition) is 6. The number of halogens is 3. The number of nitrogens with zero attached hydrogens (tertiary/aromatic N) is 4. The fraction of sp³-hybridized carbons (Fsp3) is 0.143. The molecule has 11 heteroatoms. The number of rotatable bonds is 6. The average Bonchev–Trinajstić information content (AvgIpc) is 3.39. The van der Waals surface area contributed by atoms with Gasteiger partial charge in [-0.15, -0.1) is 10.2 Å². The molecule has 0 aliphatic carbocycles. The molecule has 1 amide bonds. The highest BCUT2D eigenvalue weighted by molar-refractivity contribution is 5.93. The van der Waals surface area contributed by atoms with Crippen molar-refractivity contribution < 1.29 is 27.1 Å². The first-order chi connectivity index (χ1) is 15.2. The zero-order chi connectivity index (χ0) is 22.9. The molecule has 164 valence electrons. The summed E-state index contributed by atoms with van der Waals surface area (Å²) in [6, 6.07) is 10.8. The minimum atomic E-state index is -4.41. The summed E-state index contributed by atoms with van der Waals surface area (Å²) in [4.78, 5) is 11.2. The monoisotopic (exact) mass is 443 g/mol. The fourth-order valence-corrected chi connectivity index (χ4v) is 2.93. The molecule has 2 heterocycles. The van der Waals surface area contributed by atoms with Crippen molar-refractivity contribution in [1.82, 2.24) is 20.0 Å². The van der Waals surface area contributed by atoms with Gasteiger partial charge in [0.2, 0.25) is 11.8 Å². The average molecular weight is 443 g/mol. The van der Waals surface area contributed by atoms with Gasteiger partial charge in [-0.3, -0.25) is 9.48 Å². The molecule has 0 unspecified atom stereocenters. The molecule has 4 aromatic rings.